The second-order valence-corrected chi connectivity index (χ2v) is 7.33. The lowest BCUT2D eigenvalue weighted by molar-refractivity contribution is 0.198. The maximum absolute atomic E-state index is 9.41. The zero-order valence-corrected chi connectivity index (χ0v) is 15.5. The van der Waals surface area contributed by atoms with Crippen molar-refractivity contribution in [1.82, 2.24) is 0 Å². The van der Waals surface area contributed by atoms with E-state index in [-0.39, 0.29) is 6.61 Å². The number of rotatable bonds is 8. The van der Waals surface area contributed by atoms with Gasteiger partial charge in [-0.3, -0.25) is 0 Å². The Kier molecular flexibility index (Phi) is 6.17. The van der Waals surface area contributed by atoms with Crippen LogP contribution in [0, 0.1) is 0 Å². The molecule has 1 saturated carbocycles. The number of aryl methyl sites for hydroxylation is 1. The summed E-state index contributed by atoms with van der Waals surface area (Å²) in [4.78, 5) is 0. The monoisotopic (exact) mass is 355 g/mol. The van der Waals surface area contributed by atoms with Crippen molar-refractivity contribution in [1.29, 1.82) is 0 Å². The molecule has 0 saturated heterocycles. The zero-order chi connectivity index (χ0) is 18.4. The average molecular weight is 355 g/mol. The summed E-state index contributed by atoms with van der Waals surface area (Å²) in [6.45, 7) is 0.758. The maximum atomic E-state index is 9.41. The first-order valence-electron chi connectivity index (χ1n) is 9.37. The molecule has 26 heavy (non-hydrogen) atoms. The van der Waals surface area contributed by atoms with Crippen molar-refractivity contribution in [3.05, 3.63) is 59.7 Å². The molecule has 0 aliphatic heterocycles. The molecular weight excluding hydrogens is 326 g/mol. The van der Waals surface area contributed by atoms with E-state index < -0.39 is 5.54 Å². The Morgan fingerprint density at radius 2 is 1.96 bits per heavy atom. The summed E-state index contributed by atoms with van der Waals surface area (Å²) in [6.07, 6.45) is 4.71. The highest BCUT2D eigenvalue weighted by Crippen LogP contribution is 2.39. The third-order valence-corrected chi connectivity index (χ3v) is 5.32. The van der Waals surface area contributed by atoms with Crippen LogP contribution in [0.5, 0.6) is 11.5 Å². The van der Waals surface area contributed by atoms with Gasteiger partial charge in [0.1, 0.15) is 11.5 Å². The standard InChI is InChI=1S/C22H29NO3/c1-25-21-6-2-4-17(14-21)5-3-13-26-20-9-7-18(8-10-20)19-11-12-22(23,15-19)16-24/h2,4,6-10,14,19,24H,3,5,11-13,15-16,23H2,1H3/t19-,22+/m1/s1. The number of hydrogen-bond donors (Lipinski definition) is 2. The SMILES string of the molecule is COc1cccc(CCCOc2ccc([C@@H]3CC[C@@](N)(CO)C3)cc2)c1. The maximum Gasteiger partial charge on any atom is 0.119 e. The molecule has 4 nitrogen and oxygen atoms in total. The van der Waals surface area contributed by atoms with Gasteiger partial charge in [0.05, 0.1) is 20.3 Å². The smallest absolute Gasteiger partial charge is 0.119 e. The van der Waals surface area contributed by atoms with Crippen molar-refractivity contribution >= 4 is 0 Å². The second-order valence-electron chi connectivity index (χ2n) is 7.33. The van der Waals surface area contributed by atoms with Crippen LogP contribution >= 0.6 is 0 Å². The summed E-state index contributed by atoms with van der Waals surface area (Å²) in [5, 5.41) is 9.41. The third kappa shape index (κ3) is 4.77. The first kappa shape index (κ1) is 18.7. The lowest BCUT2D eigenvalue weighted by Crippen LogP contribution is -2.40. The number of benzene rings is 2. The summed E-state index contributed by atoms with van der Waals surface area (Å²) in [5.74, 6) is 2.24. The van der Waals surface area contributed by atoms with E-state index in [0.717, 1.165) is 43.6 Å². The van der Waals surface area contributed by atoms with Crippen LogP contribution in [-0.2, 0) is 6.42 Å². The minimum Gasteiger partial charge on any atom is -0.497 e. The number of methoxy groups -OCH3 is 1. The van der Waals surface area contributed by atoms with Crippen molar-refractivity contribution in [2.24, 2.45) is 5.73 Å². The molecule has 0 unspecified atom stereocenters. The van der Waals surface area contributed by atoms with Crippen LogP contribution in [0.2, 0.25) is 0 Å². The summed E-state index contributed by atoms with van der Waals surface area (Å²) in [7, 11) is 1.69. The molecule has 1 aliphatic rings. The van der Waals surface area contributed by atoms with Crippen LogP contribution in [-0.4, -0.2) is 31.0 Å². The van der Waals surface area contributed by atoms with Gasteiger partial charge in [-0.05, 0) is 73.4 Å². The fraction of sp³-hybridized carbons (Fsp3) is 0.455. The quantitative estimate of drug-likeness (QED) is 0.709. The lowest BCUT2D eigenvalue weighted by atomic mass is 9.94. The Morgan fingerprint density at radius 3 is 2.65 bits per heavy atom. The van der Waals surface area contributed by atoms with E-state index >= 15 is 0 Å². The minimum atomic E-state index is -0.403. The molecule has 2 atom stereocenters. The van der Waals surface area contributed by atoms with E-state index in [2.05, 4.69) is 24.3 Å². The molecule has 2 aromatic rings. The molecule has 3 N–H and O–H groups in total. The lowest BCUT2D eigenvalue weighted by Gasteiger charge is -2.21. The van der Waals surface area contributed by atoms with Gasteiger partial charge in [-0.25, -0.2) is 0 Å². The van der Waals surface area contributed by atoms with E-state index in [4.69, 9.17) is 15.2 Å². The van der Waals surface area contributed by atoms with E-state index in [0.29, 0.717) is 12.5 Å². The Hall–Kier alpha value is -2.04. The number of aliphatic hydroxyl groups excluding tert-OH is 1. The predicted octanol–water partition coefficient (Wildman–Crippen LogP) is 3.66. The number of aliphatic hydroxyl groups is 1. The molecule has 0 spiro atoms. The van der Waals surface area contributed by atoms with Gasteiger partial charge < -0.3 is 20.3 Å². The van der Waals surface area contributed by atoms with Gasteiger partial charge >= 0.3 is 0 Å². The van der Waals surface area contributed by atoms with Crippen molar-refractivity contribution in [3.63, 3.8) is 0 Å². The first-order valence-corrected chi connectivity index (χ1v) is 9.37. The molecule has 2 aromatic carbocycles. The number of ether oxygens (including phenoxy) is 2. The first-order chi connectivity index (χ1) is 12.6. The van der Waals surface area contributed by atoms with Gasteiger partial charge in [-0.15, -0.1) is 0 Å². The minimum absolute atomic E-state index is 0.0674. The van der Waals surface area contributed by atoms with E-state index in [1.165, 1.54) is 11.1 Å². The second kappa shape index (κ2) is 8.56. The van der Waals surface area contributed by atoms with Gasteiger partial charge in [0, 0.05) is 5.54 Å². The van der Waals surface area contributed by atoms with Crippen LogP contribution in [0.3, 0.4) is 0 Å². The van der Waals surface area contributed by atoms with Gasteiger partial charge in [-0.1, -0.05) is 24.3 Å². The van der Waals surface area contributed by atoms with Gasteiger partial charge in [0.2, 0.25) is 0 Å². The number of hydrogen-bond acceptors (Lipinski definition) is 4. The highest BCUT2D eigenvalue weighted by Gasteiger charge is 2.35. The Balaban J connectivity index is 1.44. The fourth-order valence-corrected chi connectivity index (χ4v) is 3.72. The normalized spacial score (nSPS) is 22.3. The predicted molar refractivity (Wildman–Crippen MR) is 104 cm³/mol. The average Bonchev–Trinajstić information content (AvgIpc) is 3.09. The zero-order valence-electron chi connectivity index (χ0n) is 15.5. The van der Waals surface area contributed by atoms with E-state index in [1.807, 2.05) is 24.3 Å². The third-order valence-electron chi connectivity index (χ3n) is 5.32. The molecule has 0 aromatic heterocycles. The molecular formula is C22H29NO3. The largest absolute Gasteiger partial charge is 0.497 e. The summed E-state index contributed by atoms with van der Waals surface area (Å²) >= 11 is 0. The topological polar surface area (TPSA) is 64.7 Å². The van der Waals surface area contributed by atoms with Gasteiger partial charge in [-0.2, -0.15) is 0 Å². The highest BCUT2D eigenvalue weighted by molar-refractivity contribution is 5.31. The molecule has 140 valence electrons. The molecule has 0 radical (unpaired) electrons. The number of nitrogens with two attached hydrogens (primary N) is 1. The Morgan fingerprint density at radius 1 is 1.15 bits per heavy atom. The van der Waals surface area contributed by atoms with Crippen LogP contribution in [0.25, 0.3) is 0 Å². The molecule has 0 bridgehead atoms. The summed E-state index contributed by atoms with van der Waals surface area (Å²) in [5.41, 5.74) is 8.33. The van der Waals surface area contributed by atoms with Crippen molar-refractivity contribution in [2.75, 3.05) is 20.3 Å². The van der Waals surface area contributed by atoms with Crippen LogP contribution in [0.15, 0.2) is 48.5 Å². The van der Waals surface area contributed by atoms with Crippen molar-refractivity contribution in [3.8, 4) is 11.5 Å². The molecule has 1 aliphatic carbocycles. The molecule has 0 amide bonds. The van der Waals surface area contributed by atoms with Crippen LogP contribution < -0.4 is 15.2 Å². The van der Waals surface area contributed by atoms with E-state index in [9.17, 15) is 5.11 Å². The Labute approximate surface area is 155 Å². The van der Waals surface area contributed by atoms with Gasteiger partial charge in [0.25, 0.3) is 0 Å². The van der Waals surface area contributed by atoms with Crippen molar-refractivity contribution in [2.45, 2.75) is 43.6 Å². The van der Waals surface area contributed by atoms with Crippen molar-refractivity contribution < 1.29 is 14.6 Å². The summed E-state index contributed by atoms with van der Waals surface area (Å²) in [6, 6.07) is 16.5. The molecule has 4 heteroatoms. The fourth-order valence-electron chi connectivity index (χ4n) is 3.72. The molecule has 1 fully saturated rings. The van der Waals surface area contributed by atoms with Crippen LogP contribution in [0.1, 0.15) is 42.7 Å². The summed E-state index contributed by atoms with van der Waals surface area (Å²) < 4.78 is 11.1. The Bertz CT molecular complexity index is 701. The van der Waals surface area contributed by atoms with Gasteiger partial charge in [0.15, 0.2) is 0 Å². The highest BCUT2D eigenvalue weighted by atomic mass is 16.5. The van der Waals surface area contributed by atoms with Crippen LogP contribution in [0.4, 0.5) is 0 Å². The molecule has 0 heterocycles. The van der Waals surface area contributed by atoms with E-state index in [1.54, 1.807) is 7.11 Å². The molecule has 3 rings (SSSR count).